The van der Waals surface area contributed by atoms with Crippen LogP contribution in [-0.4, -0.2) is 34.3 Å². The Morgan fingerprint density at radius 2 is 1.90 bits per heavy atom. The van der Waals surface area contributed by atoms with Crippen LogP contribution in [0.1, 0.15) is 5.56 Å². The topological polar surface area (TPSA) is 86.0 Å². The molecule has 158 valence electrons. The van der Waals surface area contributed by atoms with Gasteiger partial charge in [-0.3, -0.25) is 0 Å². The normalized spacial score (nSPS) is 12.0. The lowest BCUT2D eigenvalue weighted by Gasteiger charge is -2.16. The highest BCUT2D eigenvalue weighted by Crippen LogP contribution is 2.38. The Kier molecular flexibility index (Phi) is 5.88. The average Bonchev–Trinajstić information content (AvgIpc) is 2.79. The third-order valence-corrected chi connectivity index (χ3v) is 4.81. The van der Waals surface area contributed by atoms with Gasteiger partial charge in [0.25, 0.3) is 0 Å². The van der Waals surface area contributed by atoms with E-state index in [0.29, 0.717) is 28.6 Å². The first-order chi connectivity index (χ1) is 15.1. The molecular weight excluding hydrogens is 400 g/mol. The Labute approximate surface area is 178 Å². The van der Waals surface area contributed by atoms with E-state index >= 15 is 0 Å². The number of rotatable bonds is 7. The molecule has 2 aromatic carbocycles. The quantitative estimate of drug-likeness (QED) is 0.432. The Balaban J connectivity index is 1.75. The summed E-state index contributed by atoms with van der Waals surface area (Å²) in [7, 11) is 0. The van der Waals surface area contributed by atoms with Crippen LogP contribution >= 0.6 is 0 Å². The monoisotopic (exact) mass is 421 g/mol. The van der Waals surface area contributed by atoms with Gasteiger partial charge in [0, 0.05) is 35.4 Å². The van der Waals surface area contributed by atoms with Gasteiger partial charge in [-0.2, -0.15) is 0 Å². The van der Waals surface area contributed by atoms with Gasteiger partial charge in [0.15, 0.2) is 0 Å². The van der Waals surface area contributed by atoms with Gasteiger partial charge in [-0.1, -0.05) is 24.3 Å². The zero-order valence-corrected chi connectivity index (χ0v) is 16.8. The number of anilines is 2. The van der Waals surface area contributed by atoms with Gasteiger partial charge in [-0.25, -0.2) is 23.7 Å². The van der Waals surface area contributed by atoms with Crippen molar-refractivity contribution in [2.75, 3.05) is 24.3 Å². The lowest BCUT2D eigenvalue weighted by atomic mass is 10.0. The van der Waals surface area contributed by atoms with Crippen LogP contribution in [0.3, 0.4) is 0 Å². The van der Waals surface area contributed by atoms with E-state index < -0.39 is 12.8 Å². The Morgan fingerprint density at radius 3 is 2.71 bits per heavy atom. The highest BCUT2D eigenvalue weighted by Gasteiger charge is 2.15. The van der Waals surface area contributed by atoms with Crippen molar-refractivity contribution >= 4 is 22.4 Å². The summed E-state index contributed by atoms with van der Waals surface area (Å²) in [6, 6.07) is 14.8. The highest BCUT2D eigenvalue weighted by atomic mass is 19.2. The average molecular weight is 421 g/mol. The van der Waals surface area contributed by atoms with Gasteiger partial charge < -0.3 is 15.8 Å². The van der Waals surface area contributed by atoms with Crippen molar-refractivity contribution in [3.63, 3.8) is 0 Å². The predicted octanol–water partition coefficient (Wildman–Crippen LogP) is 5.09. The van der Waals surface area contributed by atoms with Gasteiger partial charge in [-0.15, -0.1) is 0 Å². The Morgan fingerprint density at radius 1 is 1.03 bits per heavy atom. The van der Waals surface area contributed by atoms with Crippen molar-refractivity contribution in [3.8, 4) is 22.9 Å². The number of aryl methyl sites for hydroxylation is 1. The van der Waals surface area contributed by atoms with Crippen LogP contribution < -0.4 is 15.8 Å². The summed E-state index contributed by atoms with van der Waals surface area (Å²) in [6.45, 7) is 0.793. The molecule has 0 saturated carbocycles. The number of alkyl halides is 2. The van der Waals surface area contributed by atoms with Gasteiger partial charge in [0.1, 0.15) is 18.6 Å². The number of hydrogen-bond acceptors (Lipinski definition) is 6. The minimum atomic E-state index is -1.56. The minimum absolute atomic E-state index is 0.112. The van der Waals surface area contributed by atoms with Crippen molar-refractivity contribution in [1.29, 1.82) is 0 Å². The molecule has 1 atom stereocenters. The van der Waals surface area contributed by atoms with Crippen LogP contribution in [0.2, 0.25) is 0 Å². The summed E-state index contributed by atoms with van der Waals surface area (Å²) in [5, 5.41) is 4.63. The maximum absolute atomic E-state index is 13.4. The summed E-state index contributed by atoms with van der Waals surface area (Å²) >= 11 is 0. The molecule has 0 radical (unpaired) electrons. The second-order valence-corrected chi connectivity index (χ2v) is 7.00. The van der Waals surface area contributed by atoms with Crippen LogP contribution in [0.15, 0.2) is 60.9 Å². The summed E-state index contributed by atoms with van der Waals surface area (Å²) in [4.78, 5) is 12.6. The number of ether oxygens (including phenoxy) is 1. The van der Waals surface area contributed by atoms with Gasteiger partial charge in [-0.05, 0) is 36.8 Å². The van der Waals surface area contributed by atoms with E-state index in [0.717, 1.165) is 16.3 Å². The molecule has 0 aliphatic heterocycles. The lowest BCUT2D eigenvalue weighted by Crippen LogP contribution is -2.16. The fraction of sp³-hybridized carbons (Fsp3) is 0.174. The molecule has 3 N–H and O–H groups in total. The Bertz CT molecular complexity index is 1220. The zero-order valence-electron chi connectivity index (χ0n) is 16.8. The number of nitrogen functional groups attached to an aromatic ring is 1. The van der Waals surface area contributed by atoms with Crippen LogP contribution in [-0.2, 0) is 0 Å². The van der Waals surface area contributed by atoms with Crippen LogP contribution in [0, 0.1) is 6.92 Å². The third-order valence-electron chi connectivity index (χ3n) is 4.81. The molecule has 0 spiro atoms. The standard InChI is InChI=1S/C23H21F2N5O/c1-14-7-8-16-17(4-2-6-19(16)29-13-15(25)12-24)21(14)31-22-18(5-3-10-27-22)20-9-11-28-23(26)30-20/h2-11,15,29H,12-13H2,1H3,(H2,26,28,30). The van der Waals surface area contributed by atoms with E-state index in [1.807, 2.05) is 43.3 Å². The molecule has 0 aliphatic rings. The molecule has 4 aromatic rings. The van der Waals surface area contributed by atoms with Gasteiger partial charge in [0.2, 0.25) is 11.8 Å². The summed E-state index contributed by atoms with van der Waals surface area (Å²) in [5.41, 5.74) is 8.59. The smallest absolute Gasteiger partial charge is 0.228 e. The third kappa shape index (κ3) is 4.37. The molecule has 2 aromatic heterocycles. The van der Waals surface area contributed by atoms with Gasteiger partial charge >= 0.3 is 0 Å². The fourth-order valence-corrected chi connectivity index (χ4v) is 3.29. The molecule has 8 heteroatoms. The molecule has 31 heavy (non-hydrogen) atoms. The summed E-state index contributed by atoms with van der Waals surface area (Å²) < 4.78 is 32.2. The molecular formula is C23H21F2N5O. The fourth-order valence-electron chi connectivity index (χ4n) is 3.29. The van der Waals surface area contributed by atoms with E-state index in [9.17, 15) is 8.78 Å². The molecule has 4 rings (SSSR count). The van der Waals surface area contributed by atoms with Crippen molar-refractivity contribution in [1.82, 2.24) is 15.0 Å². The van der Waals surface area contributed by atoms with E-state index in [-0.39, 0.29) is 12.5 Å². The highest BCUT2D eigenvalue weighted by molar-refractivity contribution is 5.98. The van der Waals surface area contributed by atoms with Crippen LogP contribution in [0.4, 0.5) is 20.4 Å². The summed E-state index contributed by atoms with van der Waals surface area (Å²) in [5.74, 6) is 1.14. The van der Waals surface area contributed by atoms with Crippen molar-refractivity contribution in [3.05, 3.63) is 66.5 Å². The molecule has 0 aliphatic carbocycles. The molecule has 0 saturated heterocycles. The molecule has 1 unspecified atom stereocenters. The number of fused-ring (bicyclic) bond motifs is 1. The summed E-state index contributed by atoms with van der Waals surface area (Å²) in [6.07, 6.45) is 1.65. The van der Waals surface area contributed by atoms with Crippen LogP contribution in [0.5, 0.6) is 11.6 Å². The Hall–Kier alpha value is -3.81. The second kappa shape index (κ2) is 8.91. The number of nitrogens with zero attached hydrogens (tertiary/aromatic N) is 3. The molecule has 0 amide bonds. The number of halogens is 2. The zero-order chi connectivity index (χ0) is 21.8. The van der Waals surface area contributed by atoms with Crippen molar-refractivity contribution in [2.45, 2.75) is 13.1 Å². The molecule has 0 bridgehead atoms. The largest absolute Gasteiger partial charge is 0.437 e. The first kappa shape index (κ1) is 20.5. The first-order valence-electron chi connectivity index (χ1n) is 9.75. The second-order valence-electron chi connectivity index (χ2n) is 7.00. The lowest BCUT2D eigenvalue weighted by molar-refractivity contribution is 0.273. The number of pyridine rings is 1. The SMILES string of the molecule is Cc1ccc2c(NCC(F)CF)cccc2c1Oc1ncccc1-c1ccnc(N)n1. The van der Waals surface area contributed by atoms with E-state index in [4.69, 9.17) is 10.5 Å². The van der Waals surface area contributed by atoms with E-state index in [1.165, 1.54) is 0 Å². The predicted molar refractivity (Wildman–Crippen MR) is 118 cm³/mol. The van der Waals surface area contributed by atoms with Crippen LogP contribution in [0.25, 0.3) is 22.0 Å². The number of nitrogens with one attached hydrogen (secondary N) is 1. The number of aromatic nitrogens is 3. The van der Waals surface area contributed by atoms with Gasteiger partial charge in [0.05, 0.1) is 11.3 Å². The van der Waals surface area contributed by atoms with Crippen molar-refractivity contribution in [2.24, 2.45) is 0 Å². The molecule has 6 nitrogen and oxygen atoms in total. The van der Waals surface area contributed by atoms with E-state index in [2.05, 4.69) is 20.3 Å². The maximum Gasteiger partial charge on any atom is 0.228 e. The maximum atomic E-state index is 13.4. The van der Waals surface area contributed by atoms with Crippen molar-refractivity contribution < 1.29 is 13.5 Å². The first-order valence-corrected chi connectivity index (χ1v) is 9.75. The minimum Gasteiger partial charge on any atom is -0.437 e. The van der Waals surface area contributed by atoms with E-state index in [1.54, 1.807) is 24.5 Å². The molecule has 2 heterocycles. The number of hydrogen-bond donors (Lipinski definition) is 2. The molecule has 0 fully saturated rings. The number of nitrogens with two attached hydrogens (primary N) is 1. The number of benzene rings is 2.